The molecule has 0 saturated heterocycles. The summed E-state index contributed by atoms with van der Waals surface area (Å²) in [7, 11) is 1.61. The minimum atomic E-state index is -0.317. The number of rotatable bonds is 3. The van der Waals surface area contributed by atoms with Crippen LogP contribution >= 0.6 is 15.9 Å². The van der Waals surface area contributed by atoms with Gasteiger partial charge in [-0.25, -0.2) is 0 Å². The largest absolute Gasteiger partial charge is 0.350 e. The summed E-state index contributed by atoms with van der Waals surface area (Å²) < 4.78 is 0.719. The third kappa shape index (κ3) is 3.68. The van der Waals surface area contributed by atoms with E-state index in [1.165, 1.54) is 4.90 Å². The average Bonchev–Trinajstić information content (AvgIpc) is 2.73. The lowest BCUT2D eigenvalue weighted by atomic mass is 10.1. The second kappa shape index (κ2) is 6.12. The molecule has 0 aliphatic heterocycles. The molecule has 1 aromatic carbocycles. The van der Waals surface area contributed by atoms with Crippen molar-refractivity contribution in [1.82, 2.24) is 15.2 Å². The van der Waals surface area contributed by atoms with Crippen LogP contribution in [-0.2, 0) is 4.79 Å². The Bertz CT molecular complexity index is 716. The Morgan fingerprint density at radius 2 is 1.91 bits per heavy atom. The zero-order chi connectivity index (χ0) is 16.5. The number of benzene rings is 1. The van der Waals surface area contributed by atoms with Gasteiger partial charge in [-0.15, -0.1) is 0 Å². The molecule has 0 unspecified atom stereocenters. The molecular weight excluding hydrogens is 346 g/mol. The van der Waals surface area contributed by atoms with Gasteiger partial charge in [-0.2, -0.15) is 0 Å². The normalized spacial score (nSPS) is 11.5. The Kier molecular flexibility index (Phi) is 4.60. The molecule has 0 radical (unpaired) electrons. The van der Waals surface area contributed by atoms with E-state index < -0.39 is 0 Å². The molecule has 6 heteroatoms. The van der Waals surface area contributed by atoms with Gasteiger partial charge in [0.05, 0.1) is 11.0 Å². The Labute approximate surface area is 138 Å². The number of hydrogen-bond acceptors (Lipinski definition) is 2. The van der Waals surface area contributed by atoms with Gasteiger partial charge in [0.1, 0.15) is 5.69 Å². The van der Waals surface area contributed by atoms with Crippen molar-refractivity contribution in [2.24, 2.45) is 0 Å². The van der Waals surface area contributed by atoms with Crippen molar-refractivity contribution >= 4 is 38.6 Å². The van der Waals surface area contributed by atoms with E-state index >= 15 is 0 Å². The molecule has 118 valence electrons. The third-order valence-corrected chi connectivity index (χ3v) is 3.92. The molecule has 5 nitrogen and oxygen atoms in total. The lowest BCUT2D eigenvalue weighted by Crippen LogP contribution is -2.46. The fraction of sp³-hybridized carbons (Fsp3) is 0.375. The predicted molar refractivity (Wildman–Crippen MR) is 90.9 cm³/mol. The minimum Gasteiger partial charge on any atom is -0.350 e. The van der Waals surface area contributed by atoms with Gasteiger partial charge in [0, 0.05) is 23.5 Å². The highest BCUT2D eigenvalue weighted by molar-refractivity contribution is 9.10. The molecule has 0 aliphatic carbocycles. The number of nitrogens with zero attached hydrogens (tertiary/aromatic N) is 1. The van der Waals surface area contributed by atoms with E-state index in [9.17, 15) is 9.59 Å². The van der Waals surface area contributed by atoms with Crippen molar-refractivity contribution < 1.29 is 9.59 Å². The van der Waals surface area contributed by atoms with E-state index in [0.717, 1.165) is 15.4 Å². The van der Waals surface area contributed by atoms with Crippen LogP contribution in [0, 0.1) is 0 Å². The molecule has 1 heterocycles. The van der Waals surface area contributed by atoms with E-state index in [4.69, 9.17) is 0 Å². The van der Waals surface area contributed by atoms with Gasteiger partial charge in [-0.1, -0.05) is 18.2 Å². The van der Waals surface area contributed by atoms with Gasteiger partial charge in [-0.05, 0) is 42.8 Å². The van der Waals surface area contributed by atoms with Crippen molar-refractivity contribution in [3.05, 3.63) is 34.4 Å². The number of aromatic nitrogens is 1. The van der Waals surface area contributed by atoms with Crippen LogP contribution in [-0.4, -0.2) is 40.8 Å². The van der Waals surface area contributed by atoms with Crippen LogP contribution in [0.2, 0.25) is 0 Å². The Hall–Kier alpha value is -1.82. The highest BCUT2D eigenvalue weighted by Crippen LogP contribution is 2.28. The number of hydrogen-bond donors (Lipinski definition) is 2. The van der Waals surface area contributed by atoms with Crippen LogP contribution in [0.5, 0.6) is 0 Å². The maximum Gasteiger partial charge on any atom is 0.271 e. The molecule has 0 aliphatic rings. The highest BCUT2D eigenvalue weighted by atomic mass is 79.9. The van der Waals surface area contributed by atoms with Crippen molar-refractivity contribution in [2.75, 3.05) is 13.6 Å². The minimum absolute atomic E-state index is 0.0118. The molecule has 0 saturated carbocycles. The third-order valence-electron chi connectivity index (χ3n) is 3.10. The molecular formula is C16H20BrN3O2. The van der Waals surface area contributed by atoms with E-state index in [-0.39, 0.29) is 23.9 Å². The Morgan fingerprint density at radius 3 is 2.50 bits per heavy atom. The number of carbonyl (C=O) groups excluding carboxylic acids is 2. The number of nitrogens with one attached hydrogen (secondary N) is 2. The van der Waals surface area contributed by atoms with Crippen LogP contribution in [0.1, 0.15) is 31.3 Å². The van der Waals surface area contributed by atoms with Crippen LogP contribution in [0.4, 0.5) is 0 Å². The quantitative estimate of drug-likeness (QED) is 0.877. The van der Waals surface area contributed by atoms with Crippen molar-refractivity contribution in [3.63, 3.8) is 0 Å². The lowest BCUT2D eigenvalue weighted by Gasteiger charge is -2.23. The predicted octanol–water partition coefficient (Wildman–Crippen LogP) is 2.92. The van der Waals surface area contributed by atoms with Crippen molar-refractivity contribution in [1.29, 1.82) is 0 Å². The number of carbonyl (C=O) groups is 2. The summed E-state index contributed by atoms with van der Waals surface area (Å²) in [6.45, 7) is 5.72. The van der Waals surface area contributed by atoms with Gasteiger partial charge in [-0.3, -0.25) is 9.59 Å². The highest BCUT2D eigenvalue weighted by Gasteiger charge is 2.22. The molecule has 0 bridgehead atoms. The summed E-state index contributed by atoms with van der Waals surface area (Å²) >= 11 is 3.46. The van der Waals surface area contributed by atoms with Crippen molar-refractivity contribution in [3.8, 4) is 0 Å². The SMILES string of the molecule is CN(CC(=O)NC(C)(C)C)C(=O)c1[nH]c2ccccc2c1Br. The summed E-state index contributed by atoms with van der Waals surface area (Å²) in [5.74, 6) is -0.414. The second-order valence-electron chi connectivity index (χ2n) is 6.32. The standard InChI is InChI=1S/C16H20BrN3O2/c1-16(2,3)19-12(21)9-20(4)15(22)14-13(17)10-7-5-6-8-11(10)18-14/h5-8,18H,9H2,1-4H3,(H,19,21). The number of likely N-dealkylation sites (N-methyl/N-ethyl adjacent to an activating group) is 1. The van der Waals surface area contributed by atoms with Gasteiger partial charge in [0.2, 0.25) is 5.91 Å². The van der Waals surface area contributed by atoms with Crippen LogP contribution in [0.25, 0.3) is 10.9 Å². The number of amides is 2. The van der Waals surface area contributed by atoms with Crippen LogP contribution in [0.15, 0.2) is 28.7 Å². The van der Waals surface area contributed by atoms with Gasteiger partial charge < -0.3 is 15.2 Å². The van der Waals surface area contributed by atoms with E-state index in [1.54, 1.807) is 7.05 Å². The molecule has 22 heavy (non-hydrogen) atoms. The summed E-state index contributed by atoms with van der Waals surface area (Å²) in [4.78, 5) is 29.0. The van der Waals surface area contributed by atoms with Gasteiger partial charge >= 0.3 is 0 Å². The number of aromatic amines is 1. The molecule has 1 aromatic heterocycles. The fourth-order valence-electron chi connectivity index (χ4n) is 2.19. The average molecular weight is 366 g/mol. The van der Waals surface area contributed by atoms with E-state index in [2.05, 4.69) is 26.2 Å². The van der Waals surface area contributed by atoms with E-state index in [1.807, 2.05) is 45.0 Å². The zero-order valence-corrected chi connectivity index (χ0v) is 14.7. The molecule has 0 atom stereocenters. The Balaban J connectivity index is 2.16. The molecule has 2 amide bonds. The number of H-pyrrole nitrogens is 1. The van der Waals surface area contributed by atoms with E-state index in [0.29, 0.717) is 5.69 Å². The maximum absolute atomic E-state index is 12.5. The molecule has 0 fully saturated rings. The van der Waals surface area contributed by atoms with Gasteiger partial charge in [0.25, 0.3) is 5.91 Å². The van der Waals surface area contributed by atoms with Crippen LogP contribution < -0.4 is 5.32 Å². The maximum atomic E-state index is 12.5. The van der Waals surface area contributed by atoms with Crippen molar-refractivity contribution in [2.45, 2.75) is 26.3 Å². The second-order valence-corrected chi connectivity index (χ2v) is 7.11. The summed E-state index contributed by atoms with van der Waals surface area (Å²) in [5.41, 5.74) is 1.01. The summed E-state index contributed by atoms with van der Waals surface area (Å²) in [6, 6.07) is 7.65. The number of halogens is 1. The first-order valence-electron chi connectivity index (χ1n) is 7.02. The smallest absolute Gasteiger partial charge is 0.271 e. The molecule has 2 rings (SSSR count). The first-order chi connectivity index (χ1) is 10.2. The zero-order valence-electron chi connectivity index (χ0n) is 13.2. The first kappa shape index (κ1) is 16.5. The number of fused-ring (bicyclic) bond motifs is 1. The lowest BCUT2D eigenvalue weighted by molar-refractivity contribution is -0.122. The summed E-state index contributed by atoms with van der Waals surface area (Å²) in [5, 5.41) is 3.79. The molecule has 0 spiro atoms. The molecule has 2 aromatic rings. The topological polar surface area (TPSA) is 65.2 Å². The molecule has 2 N–H and O–H groups in total. The summed E-state index contributed by atoms with van der Waals surface area (Å²) in [6.07, 6.45) is 0. The fourth-order valence-corrected chi connectivity index (χ4v) is 2.81. The Morgan fingerprint density at radius 1 is 1.27 bits per heavy atom. The number of para-hydroxylation sites is 1. The van der Waals surface area contributed by atoms with Gasteiger partial charge in [0.15, 0.2) is 0 Å². The monoisotopic (exact) mass is 365 g/mol. The first-order valence-corrected chi connectivity index (χ1v) is 7.81. The van der Waals surface area contributed by atoms with Crippen LogP contribution in [0.3, 0.4) is 0 Å².